The molecule has 0 spiro atoms. The highest BCUT2D eigenvalue weighted by Crippen LogP contribution is 2.21. The Labute approximate surface area is 148 Å². The van der Waals surface area contributed by atoms with Crippen LogP contribution in [0.5, 0.6) is 0 Å². The molecule has 2 aliphatic heterocycles. The van der Waals surface area contributed by atoms with Crippen molar-refractivity contribution in [3.8, 4) is 0 Å². The Kier molecular flexibility index (Phi) is 5.17. The summed E-state index contributed by atoms with van der Waals surface area (Å²) in [5.74, 6) is -0.665. The maximum Gasteiger partial charge on any atom is 0.221 e. The SMILES string of the molecule is O=C(CCS(=O)(=O)N1CCc2ccccc2C1)NC1CCS(=O)(=O)C1. The summed E-state index contributed by atoms with van der Waals surface area (Å²) in [5, 5.41) is 2.62. The molecule has 2 aliphatic rings. The van der Waals surface area contributed by atoms with Crippen LogP contribution in [0, 0.1) is 0 Å². The van der Waals surface area contributed by atoms with Crippen LogP contribution in [-0.2, 0) is 37.6 Å². The largest absolute Gasteiger partial charge is 0.352 e. The second-order valence-corrected chi connectivity index (χ2v) is 10.9. The molecule has 3 rings (SSSR count). The summed E-state index contributed by atoms with van der Waals surface area (Å²) in [6.45, 7) is 0.753. The Morgan fingerprint density at radius 3 is 2.64 bits per heavy atom. The van der Waals surface area contributed by atoms with Crippen LogP contribution in [0.4, 0.5) is 0 Å². The van der Waals surface area contributed by atoms with Gasteiger partial charge in [0.2, 0.25) is 15.9 Å². The Balaban J connectivity index is 1.53. The van der Waals surface area contributed by atoms with Gasteiger partial charge in [0.15, 0.2) is 9.84 Å². The summed E-state index contributed by atoms with van der Waals surface area (Å²) in [4.78, 5) is 11.9. The number of hydrogen-bond acceptors (Lipinski definition) is 5. The lowest BCUT2D eigenvalue weighted by Crippen LogP contribution is -2.40. The summed E-state index contributed by atoms with van der Waals surface area (Å²) in [6.07, 6.45) is 0.905. The lowest BCUT2D eigenvalue weighted by Gasteiger charge is -2.28. The molecule has 0 aromatic heterocycles. The number of benzene rings is 1. The number of fused-ring (bicyclic) bond motifs is 1. The van der Waals surface area contributed by atoms with Gasteiger partial charge >= 0.3 is 0 Å². The summed E-state index contributed by atoms with van der Waals surface area (Å²) >= 11 is 0. The Hall–Kier alpha value is -1.45. The molecular weight excluding hydrogens is 364 g/mol. The molecule has 0 aliphatic carbocycles. The van der Waals surface area contributed by atoms with Gasteiger partial charge in [0.1, 0.15) is 0 Å². The van der Waals surface area contributed by atoms with E-state index in [2.05, 4.69) is 5.32 Å². The molecule has 1 aromatic carbocycles. The van der Waals surface area contributed by atoms with Crippen molar-refractivity contribution in [1.82, 2.24) is 9.62 Å². The summed E-state index contributed by atoms with van der Waals surface area (Å²) < 4.78 is 49.2. The van der Waals surface area contributed by atoms with Crippen molar-refractivity contribution in [2.75, 3.05) is 23.8 Å². The molecule has 138 valence electrons. The number of carbonyl (C=O) groups is 1. The number of carbonyl (C=O) groups excluding carboxylic acids is 1. The molecule has 1 unspecified atom stereocenters. The third-order valence-electron chi connectivity index (χ3n) is 4.67. The number of rotatable bonds is 5. The van der Waals surface area contributed by atoms with Gasteiger partial charge in [-0.3, -0.25) is 4.79 Å². The molecule has 0 radical (unpaired) electrons. The first-order valence-corrected chi connectivity index (χ1v) is 11.7. The average Bonchev–Trinajstić information content (AvgIpc) is 2.91. The van der Waals surface area contributed by atoms with Crippen LogP contribution >= 0.6 is 0 Å². The van der Waals surface area contributed by atoms with Crippen molar-refractivity contribution < 1.29 is 21.6 Å². The van der Waals surface area contributed by atoms with E-state index in [1.807, 2.05) is 24.3 Å². The highest BCUT2D eigenvalue weighted by atomic mass is 32.2. The van der Waals surface area contributed by atoms with Crippen LogP contribution in [0.15, 0.2) is 24.3 Å². The van der Waals surface area contributed by atoms with Crippen molar-refractivity contribution in [3.05, 3.63) is 35.4 Å². The van der Waals surface area contributed by atoms with Gasteiger partial charge in [-0.2, -0.15) is 4.31 Å². The molecule has 1 aromatic rings. The lowest BCUT2D eigenvalue weighted by atomic mass is 10.0. The van der Waals surface area contributed by atoms with E-state index >= 15 is 0 Å². The fraction of sp³-hybridized carbons (Fsp3) is 0.562. The predicted octanol–water partition coefficient (Wildman–Crippen LogP) is 0.0679. The number of nitrogens with one attached hydrogen (secondary N) is 1. The van der Waals surface area contributed by atoms with Crippen LogP contribution < -0.4 is 5.32 Å². The van der Waals surface area contributed by atoms with E-state index in [1.54, 1.807) is 0 Å². The molecule has 9 heteroatoms. The van der Waals surface area contributed by atoms with E-state index in [9.17, 15) is 21.6 Å². The zero-order valence-electron chi connectivity index (χ0n) is 13.8. The Bertz CT molecular complexity index is 864. The van der Waals surface area contributed by atoms with Crippen molar-refractivity contribution in [2.24, 2.45) is 0 Å². The molecular formula is C16H22N2O5S2. The highest BCUT2D eigenvalue weighted by Gasteiger charge is 2.30. The number of nitrogens with zero attached hydrogens (tertiary/aromatic N) is 1. The molecule has 7 nitrogen and oxygen atoms in total. The van der Waals surface area contributed by atoms with Crippen LogP contribution in [0.1, 0.15) is 24.0 Å². The molecule has 1 saturated heterocycles. The van der Waals surface area contributed by atoms with Gasteiger partial charge in [-0.25, -0.2) is 16.8 Å². The number of sulfone groups is 1. The van der Waals surface area contributed by atoms with Crippen molar-refractivity contribution >= 4 is 25.8 Å². The molecule has 1 fully saturated rings. The van der Waals surface area contributed by atoms with Crippen LogP contribution in [0.2, 0.25) is 0 Å². The first kappa shape index (κ1) is 18.3. The van der Waals surface area contributed by atoms with E-state index in [0.29, 0.717) is 25.9 Å². The number of hydrogen-bond donors (Lipinski definition) is 1. The van der Waals surface area contributed by atoms with Crippen molar-refractivity contribution in [2.45, 2.75) is 31.8 Å². The topological polar surface area (TPSA) is 101 Å². The molecule has 1 N–H and O–H groups in total. The monoisotopic (exact) mass is 386 g/mol. The zero-order valence-corrected chi connectivity index (χ0v) is 15.5. The quantitative estimate of drug-likeness (QED) is 0.772. The van der Waals surface area contributed by atoms with Crippen LogP contribution in [0.25, 0.3) is 0 Å². The van der Waals surface area contributed by atoms with Gasteiger partial charge in [0.25, 0.3) is 0 Å². The second-order valence-electron chi connectivity index (χ2n) is 6.59. The predicted molar refractivity (Wildman–Crippen MR) is 94.2 cm³/mol. The van der Waals surface area contributed by atoms with Gasteiger partial charge in [-0.05, 0) is 24.0 Å². The molecule has 1 amide bonds. The van der Waals surface area contributed by atoms with Gasteiger partial charge in [-0.15, -0.1) is 0 Å². The van der Waals surface area contributed by atoms with Crippen LogP contribution in [-0.4, -0.2) is 56.9 Å². The van der Waals surface area contributed by atoms with E-state index in [-0.39, 0.29) is 23.7 Å². The molecule has 25 heavy (non-hydrogen) atoms. The summed E-state index contributed by atoms with van der Waals surface area (Å²) in [7, 11) is -6.59. The first-order chi connectivity index (χ1) is 11.8. The second kappa shape index (κ2) is 7.05. The minimum Gasteiger partial charge on any atom is -0.352 e. The Morgan fingerprint density at radius 1 is 1.24 bits per heavy atom. The molecule has 0 saturated carbocycles. The fourth-order valence-corrected chi connectivity index (χ4v) is 6.35. The van der Waals surface area contributed by atoms with Crippen LogP contribution in [0.3, 0.4) is 0 Å². The molecule has 0 bridgehead atoms. The van der Waals surface area contributed by atoms with Gasteiger partial charge in [0, 0.05) is 25.6 Å². The number of amides is 1. The standard InChI is InChI=1S/C16H22N2O5S2/c19-16(17-15-6-9-24(20,21)12-15)7-10-25(22,23)18-8-5-13-3-1-2-4-14(13)11-18/h1-4,15H,5-12H2,(H,17,19). The van der Waals surface area contributed by atoms with E-state index in [0.717, 1.165) is 11.1 Å². The molecule has 2 heterocycles. The highest BCUT2D eigenvalue weighted by molar-refractivity contribution is 7.91. The Morgan fingerprint density at radius 2 is 1.96 bits per heavy atom. The third-order valence-corrected chi connectivity index (χ3v) is 8.26. The van der Waals surface area contributed by atoms with Gasteiger partial charge in [0.05, 0.1) is 17.3 Å². The fourth-order valence-electron chi connectivity index (χ4n) is 3.27. The first-order valence-electron chi connectivity index (χ1n) is 8.30. The third kappa shape index (κ3) is 4.59. The lowest BCUT2D eigenvalue weighted by molar-refractivity contribution is -0.121. The van der Waals surface area contributed by atoms with E-state index < -0.39 is 31.8 Å². The zero-order chi connectivity index (χ0) is 18.1. The molecule has 1 atom stereocenters. The normalized spacial score (nSPS) is 23.1. The van der Waals surface area contributed by atoms with Gasteiger partial charge < -0.3 is 5.32 Å². The maximum absolute atomic E-state index is 12.5. The van der Waals surface area contributed by atoms with E-state index in [4.69, 9.17) is 0 Å². The minimum atomic E-state index is -3.52. The maximum atomic E-state index is 12.5. The summed E-state index contributed by atoms with van der Waals surface area (Å²) in [5.41, 5.74) is 2.16. The number of sulfonamides is 1. The van der Waals surface area contributed by atoms with Gasteiger partial charge in [-0.1, -0.05) is 24.3 Å². The van der Waals surface area contributed by atoms with Crippen molar-refractivity contribution in [3.63, 3.8) is 0 Å². The van der Waals surface area contributed by atoms with E-state index in [1.165, 1.54) is 4.31 Å². The average molecular weight is 386 g/mol. The smallest absolute Gasteiger partial charge is 0.221 e. The summed E-state index contributed by atoms with van der Waals surface area (Å²) in [6, 6.07) is 7.35. The minimum absolute atomic E-state index is 0.0611. The van der Waals surface area contributed by atoms with Crippen molar-refractivity contribution in [1.29, 1.82) is 0 Å².